The third kappa shape index (κ3) is 14.8. The van der Waals surface area contributed by atoms with Crippen LogP contribution in [-0.2, 0) is 44.6 Å². The van der Waals surface area contributed by atoms with Gasteiger partial charge in [-0.05, 0) is 64.2 Å². The van der Waals surface area contributed by atoms with E-state index in [-0.39, 0.29) is 32.7 Å². The SMILES string of the molecule is CB(O)N[C@H](CC(=O)OC(C)(C)C)Cc1cc(N(CCOS(C)(=O)=O)CCOS(C)(=O)=O)ccc1C. The van der Waals surface area contributed by atoms with Crippen LogP contribution in [-0.4, -0.2) is 85.3 Å². The van der Waals surface area contributed by atoms with E-state index in [9.17, 15) is 26.7 Å². The molecular formula is C22H39BN2O9S2. The van der Waals surface area contributed by atoms with Gasteiger partial charge in [0.1, 0.15) is 5.60 Å². The first-order valence-electron chi connectivity index (χ1n) is 11.5. The van der Waals surface area contributed by atoms with Crippen molar-refractivity contribution >= 4 is 38.9 Å². The zero-order valence-corrected chi connectivity index (χ0v) is 23.7. The van der Waals surface area contributed by atoms with E-state index in [1.807, 2.05) is 25.1 Å². The summed E-state index contributed by atoms with van der Waals surface area (Å²) in [4.78, 5) is 14.2. The van der Waals surface area contributed by atoms with Gasteiger partial charge in [-0.1, -0.05) is 6.07 Å². The molecule has 14 heteroatoms. The lowest BCUT2D eigenvalue weighted by Crippen LogP contribution is -2.43. The molecule has 0 spiro atoms. The maximum Gasteiger partial charge on any atom is 0.373 e. The average molecular weight is 551 g/mol. The molecule has 0 aromatic heterocycles. The van der Waals surface area contributed by atoms with E-state index in [4.69, 9.17) is 13.1 Å². The number of hydrogen-bond donors (Lipinski definition) is 2. The summed E-state index contributed by atoms with van der Waals surface area (Å²) < 4.78 is 60.6. The van der Waals surface area contributed by atoms with Crippen LogP contribution < -0.4 is 10.1 Å². The molecule has 1 aromatic carbocycles. The van der Waals surface area contributed by atoms with Crippen LogP contribution in [0.3, 0.4) is 0 Å². The van der Waals surface area contributed by atoms with Crippen molar-refractivity contribution in [2.24, 2.45) is 0 Å². The maximum atomic E-state index is 12.4. The summed E-state index contributed by atoms with van der Waals surface area (Å²) in [5, 5.41) is 12.9. The third-order valence-corrected chi connectivity index (χ3v) is 5.98. The molecule has 0 bridgehead atoms. The van der Waals surface area contributed by atoms with Gasteiger partial charge in [0.25, 0.3) is 20.2 Å². The molecular weight excluding hydrogens is 511 g/mol. The fourth-order valence-electron chi connectivity index (χ4n) is 3.42. The number of hydrogen-bond acceptors (Lipinski definition) is 11. The largest absolute Gasteiger partial charge is 0.460 e. The number of nitrogens with zero attached hydrogens (tertiary/aromatic N) is 1. The molecule has 0 aliphatic rings. The molecule has 0 saturated heterocycles. The van der Waals surface area contributed by atoms with Gasteiger partial charge in [-0.25, -0.2) is 0 Å². The highest BCUT2D eigenvalue weighted by Gasteiger charge is 2.23. The predicted octanol–water partition coefficient (Wildman–Crippen LogP) is 1.10. The highest BCUT2D eigenvalue weighted by atomic mass is 32.2. The smallest absolute Gasteiger partial charge is 0.373 e. The van der Waals surface area contributed by atoms with Crippen molar-refractivity contribution in [3.05, 3.63) is 29.3 Å². The number of rotatable bonds is 15. The normalized spacial score (nSPS) is 13.3. The lowest BCUT2D eigenvalue weighted by Gasteiger charge is -2.27. The van der Waals surface area contributed by atoms with Crippen molar-refractivity contribution in [3.8, 4) is 0 Å². The maximum absolute atomic E-state index is 12.4. The van der Waals surface area contributed by atoms with Crippen LogP contribution in [0.1, 0.15) is 38.3 Å². The minimum atomic E-state index is -3.64. The summed E-state index contributed by atoms with van der Waals surface area (Å²) in [5.74, 6) is -0.396. The van der Waals surface area contributed by atoms with Crippen LogP contribution in [0.25, 0.3) is 0 Å². The number of benzene rings is 1. The zero-order valence-electron chi connectivity index (χ0n) is 22.1. The molecule has 1 aromatic rings. The fourth-order valence-corrected chi connectivity index (χ4v) is 4.18. The zero-order chi connectivity index (χ0) is 27.7. The Kier molecular flexibility index (Phi) is 12.3. The van der Waals surface area contributed by atoms with E-state index < -0.39 is 44.9 Å². The van der Waals surface area contributed by atoms with Gasteiger partial charge in [-0.2, -0.15) is 16.8 Å². The highest BCUT2D eigenvalue weighted by Crippen LogP contribution is 2.22. The monoisotopic (exact) mass is 550 g/mol. The topological polar surface area (TPSA) is 149 Å². The Hall–Kier alpha value is -1.71. The second-order valence-electron chi connectivity index (χ2n) is 9.68. The fraction of sp³-hybridized carbons (Fsp3) is 0.682. The third-order valence-electron chi connectivity index (χ3n) is 4.79. The van der Waals surface area contributed by atoms with Crippen molar-refractivity contribution in [2.75, 3.05) is 43.7 Å². The summed E-state index contributed by atoms with van der Waals surface area (Å²) in [6.07, 6.45) is 2.35. The quantitative estimate of drug-likeness (QED) is 0.184. The number of aryl methyl sites for hydroxylation is 1. The molecule has 1 rings (SSSR count). The van der Waals surface area contributed by atoms with Crippen LogP contribution in [0.5, 0.6) is 0 Å². The van der Waals surface area contributed by atoms with Crippen molar-refractivity contribution < 1.29 is 39.8 Å². The Labute approximate surface area is 215 Å². The number of anilines is 1. The van der Waals surface area contributed by atoms with Crippen LogP contribution in [0, 0.1) is 6.92 Å². The van der Waals surface area contributed by atoms with E-state index in [0.29, 0.717) is 12.1 Å². The van der Waals surface area contributed by atoms with E-state index in [1.165, 1.54) is 0 Å². The molecule has 0 aliphatic carbocycles. The standard InChI is InChI=1S/C22H39BN2O9S2/c1-17-8-9-20(25(10-12-32-35(6,28)29)11-13-33-36(7,30)31)15-18(17)14-19(24-23(5)27)16-21(26)34-22(2,3)4/h8-9,15,19,24,27H,10-14,16H2,1-7H3/t19-/m0/s1. The van der Waals surface area contributed by atoms with Gasteiger partial charge < -0.3 is 19.9 Å². The van der Waals surface area contributed by atoms with Crippen LogP contribution in [0.15, 0.2) is 18.2 Å². The molecule has 11 nitrogen and oxygen atoms in total. The van der Waals surface area contributed by atoms with Gasteiger partial charge in [-0.3, -0.25) is 13.2 Å². The van der Waals surface area contributed by atoms with Gasteiger partial charge in [-0.15, -0.1) is 0 Å². The predicted molar refractivity (Wildman–Crippen MR) is 140 cm³/mol. The van der Waals surface area contributed by atoms with Gasteiger partial charge in [0.05, 0.1) is 32.1 Å². The molecule has 206 valence electrons. The first-order valence-corrected chi connectivity index (χ1v) is 15.2. The number of carbonyl (C=O) groups is 1. The molecule has 0 aliphatic heterocycles. The number of nitrogens with one attached hydrogen (secondary N) is 1. The van der Waals surface area contributed by atoms with Gasteiger partial charge in [0.2, 0.25) is 0 Å². The summed E-state index contributed by atoms with van der Waals surface area (Å²) >= 11 is 0. The molecule has 0 heterocycles. The summed E-state index contributed by atoms with van der Waals surface area (Å²) in [6.45, 7) is 8.89. The molecule has 0 fully saturated rings. The van der Waals surface area contributed by atoms with E-state index in [2.05, 4.69) is 5.23 Å². The van der Waals surface area contributed by atoms with Gasteiger partial charge >= 0.3 is 13.0 Å². The first kappa shape index (κ1) is 32.3. The van der Waals surface area contributed by atoms with Crippen molar-refractivity contribution in [3.63, 3.8) is 0 Å². The Morgan fingerprint density at radius 2 is 1.61 bits per heavy atom. The summed E-state index contributed by atoms with van der Waals surface area (Å²) in [6, 6.07) is 5.16. The Bertz CT molecular complexity index is 1030. The summed E-state index contributed by atoms with van der Waals surface area (Å²) in [7, 11) is -8.13. The molecule has 0 radical (unpaired) electrons. The molecule has 0 saturated carbocycles. The lowest BCUT2D eigenvalue weighted by atomic mass is 9.85. The second-order valence-corrected chi connectivity index (χ2v) is 13.0. The van der Waals surface area contributed by atoms with Crippen molar-refractivity contribution in [1.82, 2.24) is 5.23 Å². The van der Waals surface area contributed by atoms with Crippen LogP contribution in [0.2, 0.25) is 6.82 Å². The van der Waals surface area contributed by atoms with Crippen molar-refractivity contribution in [1.29, 1.82) is 0 Å². The van der Waals surface area contributed by atoms with Gasteiger partial charge in [0, 0.05) is 24.8 Å². The highest BCUT2D eigenvalue weighted by molar-refractivity contribution is 7.86. The second kappa shape index (κ2) is 13.7. The molecule has 1 atom stereocenters. The van der Waals surface area contributed by atoms with E-state index in [0.717, 1.165) is 23.6 Å². The number of esters is 1. The number of carbonyl (C=O) groups excluding carboxylic acids is 1. The van der Waals surface area contributed by atoms with Gasteiger partial charge in [0.15, 0.2) is 0 Å². The Balaban J connectivity index is 3.13. The number of ether oxygens (including phenoxy) is 1. The van der Waals surface area contributed by atoms with E-state index >= 15 is 0 Å². The molecule has 2 N–H and O–H groups in total. The minimum Gasteiger partial charge on any atom is -0.460 e. The molecule has 0 amide bonds. The Morgan fingerprint density at radius 3 is 2.06 bits per heavy atom. The first-order chi connectivity index (χ1) is 16.3. The van der Waals surface area contributed by atoms with Crippen LogP contribution in [0.4, 0.5) is 5.69 Å². The van der Waals surface area contributed by atoms with Crippen LogP contribution >= 0.6 is 0 Å². The van der Waals surface area contributed by atoms with E-state index in [1.54, 1.807) is 32.5 Å². The summed E-state index contributed by atoms with van der Waals surface area (Å²) in [5.41, 5.74) is 1.88. The molecule has 0 unspecified atom stereocenters. The lowest BCUT2D eigenvalue weighted by molar-refractivity contribution is -0.155. The van der Waals surface area contributed by atoms with Crippen molar-refractivity contribution in [2.45, 2.75) is 59.0 Å². The Morgan fingerprint density at radius 1 is 1.08 bits per heavy atom. The average Bonchev–Trinajstić information content (AvgIpc) is 2.64. The minimum absolute atomic E-state index is 0.0416. The molecule has 36 heavy (non-hydrogen) atoms.